The van der Waals surface area contributed by atoms with E-state index in [9.17, 15) is 4.79 Å². The lowest BCUT2D eigenvalue weighted by atomic mass is 10.0. The number of aromatic nitrogens is 5. The zero-order valence-corrected chi connectivity index (χ0v) is 17.1. The molecule has 0 radical (unpaired) electrons. The number of nitrogens with one attached hydrogen (secondary N) is 1. The fourth-order valence-electron chi connectivity index (χ4n) is 3.51. The van der Waals surface area contributed by atoms with Gasteiger partial charge in [0.15, 0.2) is 0 Å². The maximum atomic E-state index is 13.2. The molecule has 0 spiro atoms. The van der Waals surface area contributed by atoms with E-state index in [-0.39, 0.29) is 5.91 Å². The fraction of sp³-hybridized carbons (Fsp3) is 0.273. The van der Waals surface area contributed by atoms with Crippen molar-refractivity contribution in [3.05, 3.63) is 59.7 Å². The van der Waals surface area contributed by atoms with E-state index in [1.54, 1.807) is 6.20 Å². The molecule has 148 valence electrons. The number of nitrogens with zero attached hydrogens (tertiary/aromatic N) is 5. The Hall–Kier alpha value is -3.48. The van der Waals surface area contributed by atoms with Crippen LogP contribution in [0.25, 0.3) is 22.2 Å². The third-order valence-electron chi connectivity index (χ3n) is 5.16. The van der Waals surface area contributed by atoms with Crippen molar-refractivity contribution in [3.8, 4) is 11.3 Å². The largest absolute Gasteiger partial charge is 0.319 e. The molecule has 3 heterocycles. The molecule has 3 aromatic heterocycles. The molecule has 0 unspecified atom stereocenters. The Morgan fingerprint density at radius 3 is 2.62 bits per heavy atom. The van der Waals surface area contributed by atoms with Gasteiger partial charge in [0, 0.05) is 30.2 Å². The number of rotatable bonds is 5. The summed E-state index contributed by atoms with van der Waals surface area (Å²) >= 11 is 0. The van der Waals surface area contributed by atoms with Gasteiger partial charge in [-0.25, -0.2) is 4.98 Å². The Bertz CT molecular complexity index is 1200. The van der Waals surface area contributed by atoms with Gasteiger partial charge < -0.3 is 5.32 Å². The molecule has 0 aliphatic rings. The number of benzene rings is 1. The molecule has 0 bridgehead atoms. The Morgan fingerprint density at radius 1 is 1.14 bits per heavy atom. The lowest BCUT2D eigenvalue weighted by Crippen LogP contribution is -2.14. The number of anilines is 1. The SMILES string of the molecule is CCn1cc(-c2cc(C(=O)Nc3cnn(CC)c3C)c3ccccc3n2)c(C)n1. The highest BCUT2D eigenvalue weighted by Crippen LogP contribution is 2.27. The summed E-state index contributed by atoms with van der Waals surface area (Å²) in [7, 11) is 0. The molecule has 0 aliphatic carbocycles. The third kappa shape index (κ3) is 3.40. The lowest BCUT2D eigenvalue weighted by molar-refractivity contribution is 0.102. The van der Waals surface area contributed by atoms with E-state index in [4.69, 9.17) is 4.98 Å². The fourth-order valence-corrected chi connectivity index (χ4v) is 3.51. The van der Waals surface area contributed by atoms with Crippen molar-refractivity contribution < 1.29 is 4.79 Å². The van der Waals surface area contributed by atoms with Crippen LogP contribution in [0.2, 0.25) is 0 Å². The molecule has 1 aromatic carbocycles. The van der Waals surface area contributed by atoms with Gasteiger partial charge in [0.1, 0.15) is 0 Å². The Labute approximate surface area is 169 Å². The van der Waals surface area contributed by atoms with Gasteiger partial charge in [0.2, 0.25) is 0 Å². The molecule has 1 amide bonds. The van der Waals surface area contributed by atoms with Crippen molar-refractivity contribution >= 4 is 22.5 Å². The highest BCUT2D eigenvalue weighted by molar-refractivity contribution is 6.13. The van der Waals surface area contributed by atoms with Gasteiger partial charge in [-0.2, -0.15) is 10.2 Å². The summed E-state index contributed by atoms with van der Waals surface area (Å²) in [4.78, 5) is 18.0. The molecular formula is C22H24N6O. The number of hydrogen-bond donors (Lipinski definition) is 1. The first-order valence-corrected chi connectivity index (χ1v) is 9.79. The highest BCUT2D eigenvalue weighted by Gasteiger charge is 2.18. The van der Waals surface area contributed by atoms with Crippen LogP contribution in [0.1, 0.15) is 35.6 Å². The van der Waals surface area contributed by atoms with Gasteiger partial charge in [0.25, 0.3) is 5.91 Å². The summed E-state index contributed by atoms with van der Waals surface area (Å²) in [5.74, 6) is -0.177. The van der Waals surface area contributed by atoms with E-state index in [1.807, 2.05) is 73.6 Å². The van der Waals surface area contributed by atoms with Crippen LogP contribution < -0.4 is 5.32 Å². The molecule has 4 aromatic rings. The molecule has 0 fully saturated rings. The van der Waals surface area contributed by atoms with Crippen molar-refractivity contribution in [1.29, 1.82) is 0 Å². The summed E-state index contributed by atoms with van der Waals surface area (Å²) in [6.07, 6.45) is 3.67. The number of fused-ring (bicyclic) bond motifs is 1. The Balaban J connectivity index is 1.81. The Kier molecular flexibility index (Phi) is 4.88. The predicted molar refractivity (Wildman–Crippen MR) is 114 cm³/mol. The van der Waals surface area contributed by atoms with E-state index >= 15 is 0 Å². The standard InChI is InChI=1S/C22H24N6O/c1-5-27-13-18(14(3)26-27)20-11-17(16-9-7-8-10-19(16)24-20)22(29)25-21-12-23-28(6-2)15(21)4/h7-13H,5-6H2,1-4H3,(H,25,29). The monoisotopic (exact) mass is 388 g/mol. The summed E-state index contributed by atoms with van der Waals surface area (Å²) in [5, 5.41) is 12.7. The second kappa shape index (κ2) is 7.50. The van der Waals surface area contributed by atoms with E-state index in [2.05, 4.69) is 15.5 Å². The molecule has 7 heteroatoms. The normalized spacial score (nSPS) is 11.2. The number of carbonyl (C=O) groups is 1. The lowest BCUT2D eigenvalue weighted by Gasteiger charge is -2.10. The number of amides is 1. The van der Waals surface area contributed by atoms with Gasteiger partial charge in [-0.1, -0.05) is 18.2 Å². The van der Waals surface area contributed by atoms with E-state index in [1.165, 1.54) is 0 Å². The maximum absolute atomic E-state index is 13.2. The zero-order valence-electron chi connectivity index (χ0n) is 17.1. The smallest absolute Gasteiger partial charge is 0.256 e. The van der Waals surface area contributed by atoms with Crippen LogP contribution in [0.3, 0.4) is 0 Å². The summed E-state index contributed by atoms with van der Waals surface area (Å²) in [6.45, 7) is 9.51. The number of para-hydroxylation sites is 1. The van der Waals surface area contributed by atoms with Crippen LogP contribution in [0.4, 0.5) is 5.69 Å². The topological polar surface area (TPSA) is 77.6 Å². The first kappa shape index (κ1) is 18.9. The number of carbonyl (C=O) groups excluding carboxylic acids is 1. The first-order valence-electron chi connectivity index (χ1n) is 9.79. The zero-order chi connectivity index (χ0) is 20.5. The van der Waals surface area contributed by atoms with Crippen molar-refractivity contribution in [1.82, 2.24) is 24.5 Å². The van der Waals surface area contributed by atoms with Crippen molar-refractivity contribution in [3.63, 3.8) is 0 Å². The molecule has 7 nitrogen and oxygen atoms in total. The molecule has 0 saturated heterocycles. The number of aryl methyl sites for hydroxylation is 3. The third-order valence-corrected chi connectivity index (χ3v) is 5.16. The van der Waals surface area contributed by atoms with Gasteiger partial charge in [-0.05, 0) is 39.8 Å². The van der Waals surface area contributed by atoms with Crippen LogP contribution in [0, 0.1) is 13.8 Å². The van der Waals surface area contributed by atoms with Gasteiger partial charge in [-0.3, -0.25) is 14.2 Å². The Morgan fingerprint density at radius 2 is 1.93 bits per heavy atom. The van der Waals surface area contributed by atoms with Crippen LogP contribution in [0.15, 0.2) is 42.7 Å². The van der Waals surface area contributed by atoms with Crippen LogP contribution in [-0.4, -0.2) is 30.5 Å². The minimum absolute atomic E-state index is 0.177. The van der Waals surface area contributed by atoms with E-state index < -0.39 is 0 Å². The predicted octanol–water partition coefficient (Wildman–Crippen LogP) is 4.20. The molecule has 29 heavy (non-hydrogen) atoms. The summed E-state index contributed by atoms with van der Waals surface area (Å²) in [6, 6.07) is 9.54. The first-order chi connectivity index (χ1) is 14.0. The second-order valence-corrected chi connectivity index (χ2v) is 6.97. The number of hydrogen-bond acceptors (Lipinski definition) is 4. The quantitative estimate of drug-likeness (QED) is 0.556. The molecule has 4 rings (SSSR count). The highest BCUT2D eigenvalue weighted by atomic mass is 16.1. The number of pyridine rings is 1. The van der Waals surface area contributed by atoms with Crippen LogP contribution >= 0.6 is 0 Å². The van der Waals surface area contributed by atoms with E-state index in [0.717, 1.165) is 46.6 Å². The van der Waals surface area contributed by atoms with Crippen molar-refractivity contribution in [2.45, 2.75) is 40.8 Å². The molecular weight excluding hydrogens is 364 g/mol. The molecule has 0 atom stereocenters. The summed E-state index contributed by atoms with van der Waals surface area (Å²) < 4.78 is 3.73. The van der Waals surface area contributed by atoms with Gasteiger partial charge in [0.05, 0.1) is 40.0 Å². The average molecular weight is 388 g/mol. The van der Waals surface area contributed by atoms with Gasteiger partial charge >= 0.3 is 0 Å². The minimum Gasteiger partial charge on any atom is -0.319 e. The molecule has 1 N–H and O–H groups in total. The average Bonchev–Trinajstić information content (AvgIpc) is 3.29. The van der Waals surface area contributed by atoms with Crippen LogP contribution in [0.5, 0.6) is 0 Å². The van der Waals surface area contributed by atoms with Crippen molar-refractivity contribution in [2.24, 2.45) is 0 Å². The van der Waals surface area contributed by atoms with Gasteiger partial charge in [-0.15, -0.1) is 0 Å². The maximum Gasteiger partial charge on any atom is 0.256 e. The summed E-state index contributed by atoms with van der Waals surface area (Å²) in [5.41, 5.74) is 5.57. The van der Waals surface area contributed by atoms with Crippen molar-refractivity contribution in [2.75, 3.05) is 5.32 Å². The molecule has 0 aliphatic heterocycles. The van der Waals surface area contributed by atoms with E-state index in [0.29, 0.717) is 11.3 Å². The molecule has 0 saturated carbocycles. The minimum atomic E-state index is -0.177. The second-order valence-electron chi connectivity index (χ2n) is 6.97. The van der Waals surface area contributed by atoms with Crippen LogP contribution in [-0.2, 0) is 13.1 Å².